The van der Waals surface area contributed by atoms with Gasteiger partial charge in [0.1, 0.15) is 5.69 Å². The normalized spacial score (nSPS) is 15.4. The number of nitrogens with one attached hydrogen (secondary N) is 1. The van der Waals surface area contributed by atoms with Crippen molar-refractivity contribution in [3.8, 4) is 0 Å². The van der Waals surface area contributed by atoms with Crippen LogP contribution in [0.2, 0.25) is 0 Å². The van der Waals surface area contributed by atoms with Crippen LogP contribution in [0.5, 0.6) is 0 Å². The van der Waals surface area contributed by atoms with Gasteiger partial charge < -0.3 is 10.2 Å². The van der Waals surface area contributed by atoms with Crippen LogP contribution in [-0.2, 0) is 6.18 Å². The fraction of sp³-hybridized carbons (Fsp3) is 0.389. The van der Waals surface area contributed by atoms with E-state index >= 15 is 0 Å². The number of halogens is 3. The highest BCUT2D eigenvalue weighted by Gasteiger charge is 2.30. The maximum Gasteiger partial charge on any atom is 0.416 e. The van der Waals surface area contributed by atoms with Crippen molar-refractivity contribution in [1.29, 1.82) is 0 Å². The first kappa shape index (κ1) is 18.2. The number of amides is 1. The number of nitrogens with zero attached hydrogens (tertiary/aromatic N) is 3. The van der Waals surface area contributed by atoms with E-state index < -0.39 is 17.6 Å². The number of hydrogen-bond donors (Lipinski definition) is 1. The van der Waals surface area contributed by atoms with Crippen LogP contribution in [0.4, 0.5) is 24.8 Å². The maximum atomic E-state index is 12.6. The predicted octanol–water partition coefficient (Wildman–Crippen LogP) is 4.13. The molecule has 138 valence electrons. The third-order valence-corrected chi connectivity index (χ3v) is 4.23. The van der Waals surface area contributed by atoms with Crippen LogP contribution >= 0.6 is 0 Å². The average molecular weight is 364 g/mol. The number of hydrogen-bond acceptors (Lipinski definition) is 4. The first-order valence-electron chi connectivity index (χ1n) is 8.50. The Morgan fingerprint density at radius 1 is 1.00 bits per heavy atom. The number of carbonyl (C=O) groups excluding carboxylic acids is 1. The molecule has 1 amide bonds. The second-order valence-electron chi connectivity index (χ2n) is 6.17. The summed E-state index contributed by atoms with van der Waals surface area (Å²) in [6.07, 6.45) is 1.58. The summed E-state index contributed by atoms with van der Waals surface area (Å²) in [7, 11) is 0. The van der Waals surface area contributed by atoms with E-state index in [2.05, 4.69) is 20.2 Å². The summed E-state index contributed by atoms with van der Waals surface area (Å²) >= 11 is 0. The molecule has 0 atom stereocenters. The molecule has 1 fully saturated rings. The van der Waals surface area contributed by atoms with Crippen LogP contribution in [0, 0.1) is 0 Å². The van der Waals surface area contributed by atoms with Gasteiger partial charge in [-0.3, -0.25) is 4.79 Å². The molecule has 3 rings (SSSR count). The molecule has 1 aliphatic rings. The zero-order chi connectivity index (χ0) is 18.6. The van der Waals surface area contributed by atoms with Gasteiger partial charge in [0.15, 0.2) is 0 Å². The van der Waals surface area contributed by atoms with Gasteiger partial charge in [0, 0.05) is 25.0 Å². The lowest BCUT2D eigenvalue weighted by Gasteiger charge is -2.20. The quantitative estimate of drug-likeness (QED) is 0.890. The summed E-state index contributed by atoms with van der Waals surface area (Å²) in [5, 5.41) is 2.56. The lowest BCUT2D eigenvalue weighted by molar-refractivity contribution is -0.137. The summed E-state index contributed by atoms with van der Waals surface area (Å²) in [5.41, 5.74) is -0.307. The van der Waals surface area contributed by atoms with Crippen molar-refractivity contribution >= 4 is 17.5 Å². The number of rotatable bonds is 3. The van der Waals surface area contributed by atoms with E-state index in [1.165, 1.54) is 37.2 Å². The topological polar surface area (TPSA) is 58.1 Å². The third-order valence-electron chi connectivity index (χ3n) is 4.23. The fourth-order valence-electron chi connectivity index (χ4n) is 2.84. The monoisotopic (exact) mass is 364 g/mol. The average Bonchev–Trinajstić information content (AvgIpc) is 2.91. The smallest absolute Gasteiger partial charge is 0.341 e. The largest absolute Gasteiger partial charge is 0.416 e. The molecular formula is C18H19F3N4O. The van der Waals surface area contributed by atoms with Gasteiger partial charge in [0.05, 0.1) is 5.56 Å². The molecule has 1 aromatic heterocycles. The molecule has 8 heteroatoms. The Morgan fingerprint density at radius 2 is 1.65 bits per heavy atom. The lowest BCUT2D eigenvalue weighted by Crippen LogP contribution is -2.27. The van der Waals surface area contributed by atoms with Crippen LogP contribution in [0.1, 0.15) is 41.7 Å². The number of benzene rings is 1. The minimum Gasteiger partial charge on any atom is -0.341 e. The van der Waals surface area contributed by atoms with Crippen molar-refractivity contribution in [3.63, 3.8) is 0 Å². The first-order chi connectivity index (χ1) is 12.4. The second-order valence-corrected chi connectivity index (χ2v) is 6.17. The lowest BCUT2D eigenvalue weighted by atomic mass is 10.2. The van der Waals surface area contributed by atoms with Gasteiger partial charge in [-0.1, -0.05) is 12.8 Å². The van der Waals surface area contributed by atoms with Gasteiger partial charge in [-0.05, 0) is 43.2 Å². The Labute approximate surface area is 149 Å². The molecule has 1 aliphatic heterocycles. The van der Waals surface area contributed by atoms with Crippen molar-refractivity contribution in [2.24, 2.45) is 0 Å². The Kier molecular flexibility index (Phi) is 5.39. The molecule has 1 N–H and O–H groups in total. The molecule has 0 spiro atoms. The summed E-state index contributed by atoms with van der Waals surface area (Å²) in [4.78, 5) is 23.0. The highest BCUT2D eigenvalue weighted by atomic mass is 19.4. The predicted molar refractivity (Wildman–Crippen MR) is 92.1 cm³/mol. The molecule has 1 aromatic carbocycles. The molecule has 2 aromatic rings. The van der Waals surface area contributed by atoms with E-state index in [0.717, 1.165) is 38.1 Å². The highest BCUT2D eigenvalue weighted by molar-refractivity contribution is 6.02. The van der Waals surface area contributed by atoms with E-state index in [-0.39, 0.29) is 11.4 Å². The van der Waals surface area contributed by atoms with Gasteiger partial charge in [-0.15, -0.1) is 0 Å². The molecule has 26 heavy (non-hydrogen) atoms. The first-order valence-corrected chi connectivity index (χ1v) is 8.50. The van der Waals surface area contributed by atoms with Gasteiger partial charge in [0.25, 0.3) is 5.91 Å². The van der Waals surface area contributed by atoms with Crippen molar-refractivity contribution in [2.45, 2.75) is 31.9 Å². The van der Waals surface area contributed by atoms with Crippen molar-refractivity contribution in [1.82, 2.24) is 9.97 Å². The Morgan fingerprint density at radius 3 is 2.27 bits per heavy atom. The zero-order valence-corrected chi connectivity index (χ0v) is 14.1. The molecule has 0 saturated carbocycles. The third kappa shape index (κ3) is 4.50. The standard InChI is InChI=1S/C18H19F3N4O/c19-18(20,21)13-5-7-14(8-6-13)23-16(26)15-9-10-22-17(24-15)25-11-3-1-2-4-12-25/h5-10H,1-4,11-12H2,(H,23,26). The number of alkyl halides is 3. The van der Waals surface area contributed by atoms with Crippen LogP contribution in [0.15, 0.2) is 36.5 Å². The van der Waals surface area contributed by atoms with E-state index in [1.807, 2.05) is 0 Å². The number of aromatic nitrogens is 2. The van der Waals surface area contributed by atoms with E-state index in [4.69, 9.17) is 0 Å². The van der Waals surface area contributed by atoms with E-state index in [9.17, 15) is 18.0 Å². The van der Waals surface area contributed by atoms with E-state index in [0.29, 0.717) is 5.95 Å². The summed E-state index contributed by atoms with van der Waals surface area (Å²) in [6, 6.07) is 5.78. The molecule has 0 aliphatic carbocycles. The van der Waals surface area contributed by atoms with Crippen molar-refractivity contribution in [2.75, 3.05) is 23.3 Å². The Balaban J connectivity index is 1.70. The van der Waals surface area contributed by atoms with E-state index in [1.54, 1.807) is 0 Å². The zero-order valence-electron chi connectivity index (χ0n) is 14.1. The van der Waals surface area contributed by atoms with Gasteiger partial charge in [0.2, 0.25) is 5.95 Å². The van der Waals surface area contributed by atoms with Gasteiger partial charge >= 0.3 is 6.18 Å². The fourth-order valence-corrected chi connectivity index (χ4v) is 2.84. The van der Waals surface area contributed by atoms with Crippen LogP contribution in [0.3, 0.4) is 0 Å². The molecule has 0 radical (unpaired) electrons. The molecular weight excluding hydrogens is 345 g/mol. The molecule has 5 nitrogen and oxygen atoms in total. The minimum atomic E-state index is -4.41. The SMILES string of the molecule is O=C(Nc1ccc(C(F)(F)F)cc1)c1ccnc(N2CCCCCC2)n1. The Bertz CT molecular complexity index is 754. The Hall–Kier alpha value is -2.64. The molecule has 2 heterocycles. The van der Waals surface area contributed by atoms with Crippen LogP contribution in [-0.4, -0.2) is 29.0 Å². The van der Waals surface area contributed by atoms with Gasteiger partial charge in [-0.2, -0.15) is 13.2 Å². The summed E-state index contributed by atoms with van der Waals surface area (Å²) in [6.45, 7) is 1.70. The highest BCUT2D eigenvalue weighted by Crippen LogP contribution is 2.29. The molecule has 0 unspecified atom stereocenters. The van der Waals surface area contributed by atoms with Crippen LogP contribution < -0.4 is 10.2 Å². The second kappa shape index (κ2) is 7.72. The van der Waals surface area contributed by atoms with Crippen molar-refractivity contribution in [3.05, 3.63) is 47.8 Å². The minimum absolute atomic E-state index is 0.180. The van der Waals surface area contributed by atoms with Crippen molar-refractivity contribution < 1.29 is 18.0 Å². The number of anilines is 2. The maximum absolute atomic E-state index is 12.6. The molecule has 0 bridgehead atoms. The van der Waals surface area contributed by atoms with Crippen LogP contribution in [0.25, 0.3) is 0 Å². The van der Waals surface area contributed by atoms with Gasteiger partial charge in [-0.25, -0.2) is 9.97 Å². The number of carbonyl (C=O) groups is 1. The molecule has 1 saturated heterocycles. The summed E-state index contributed by atoms with van der Waals surface area (Å²) in [5.74, 6) is 0.0233. The summed E-state index contributed by atoms with van der Waals surface area (Å²) < 4.78 is 37.8.